The molecule has 0 unspecified atom stereocenters. The molecule has 2 aliphatic rings. The summed E-state index contributed by atoms with van der Waals surface area (Å²) < 4.78 is 43.1. The van der Waals surface area contributed by atoms with Crippen LogP contribution >= 0.6 is 0 Å². The molecule has 10 heteroatoms. The number of benzene rings is 1. The van der Waals surface area contributed by atoms with Crippen LogP contribution in [0.3, 0.4) is 0 Å². The molecule has 0 saturated carbocycles. The predicted octanol–water partition coefficient (Wildman–Crippen LogP) is -0.326. The molecule has 2 aliphatic heterocycles. The second kappa shape index (κ2) is 8.42. The number of hydrogen-bond donors (Lipinski definition) is 2. The number of nitrogens with zero attached hydrogens (tertiary/aromatic N) is 1. The predicted molar refractivity (Wildman–Crippen MR) is 97.8 cm³/mol. The third-order valence-electron chi connectivity index (χ3n) is 4.72. The summed E-state index contributed by atoms with van der Waals surface area (Å²) in [5.74, 6) is 0.392. The van der Waals surface area contributed by atoms with E-state index in [1.807, 2.05) is 0 Å². The van der Waals surface area contributed by atoms with E-state index >= 15 is 0 Å². The summed E-state index contributed by atoms with van der Waals surface area (Å²) in [4.78, 5) is 12.7. The van der Waals surface area contributed by atoms with E-state index in [2.05, 4.69) is 10.6 Å². The van der Waals surface area contributed by atoms with E-state index in [1.165, 1.54) is 30.7 Å². The van der Waals surface area contributed by atoms with Crippen molar-refractivity contribution in [1.29, 1.82) is 0 Å². The molecule has 9 nitrogen and oxygen atoms in total. The highest BCUT2D eigenvalue weighted by Crippen LogP contribution is 2.35. The molecular weight excluding hydrogens is 374 g/mol. The Morgan fingerprint density at radius 3 is 2.52 bits per heavy atom. The van der Waals surface area contributed by atoms with Gasteiger partial charge in [0.2, 0.25) is 10.0 Å². The molecule has 3 rings (SSSR count). The number of hydrogen-bond acceptors (Lipinski definition) is 7. The molecule has 0 radical (unpaired) electrons. The minimum Gasteiger partial charge on any atom is -0.493 e. The SMILES string of the molecule is COc1cc(S(=O)(=O)N2CCOCC2)cc(C(=O)NCC2CNC2)c1OC. The van der Waals surface area contributed by atoms with Crippen LogP contribution in [0, 0.1) is 5.92 Å². The molecule has 0 aliphatic carbocycles. The van der Waals surface area contributed by atoms with Crippen LogP contribution in [0.4, 0.5) is 0 Å². The average Bonchev–Trinajstić information content (AvgIpc) is 2.66. The lowest BCUT2D eigenvalue weighted by molar-refractivity contribution is 0.0730. The van der Waals surface area contributed by atoms with E-state index in [0.717, 1.165) is 13.1 Å². The normalized spacial score (nSPS) is 18.6. The Labute approximate surface area is 159 Å². The minimum atomic E-state index is -3.77. The third kappa shape index (κ3) is 4.18. The Balaban J connectivity index is 1.93. The van der Waals surface area contributed by atoms with Crippen molar-refractivity contribution in [3.05, 3.63) is 17.7 Å². The molecule has 2 N–H and O–H groups in total. The highest BCUT2D eigenvalue weighted by atomic mass is 32.2. The number of rotatable bonds is 7. The van der Waals surface area contributed by atoms with Crippen molar-refractivity contribution < 1.29 is 27.4 Å². The van der Waals surface area contributed by atoms with Crippen LogP contribution in [0.5, 0.6) is 11.5 Å². The van der Waals surface area contributed by atoms with Crippen molar-refractivity contribution in [2.24, 2.45) is 5.92 Å². The quantitative estimate of drug-likeness (QED) is 0.647. The topological polar surface area (TPSA) is 106 Å². The summed E-state index contributed by atoms with van der Waals surface area (Å²) >= 11 is 0. The van der Waals surface area contributed by atoms with Crippen LogP contribution in [-0.2, 0) is 14.8 Å². The molecule has 2 saturated heterocycles. The first-order valence-corrected chi connectivity index (χ1v) is 10.2. The van der Waals surface area contributed by atoms with Gasteiger partial charge in [-0.3, -0.25) is 4.79 Å². The molecule has 1 aromatic carbocycles. The standard InChI is InChI=1S/C17H25N3O6S/c1-24-15-8-13(27(22,23)20-3-5-26-6-4-20)7-14(16(15)25-2)17(21)19-11-12-9-18-10-12/h7-8,12,18H,3-6,9-11H2,1-2H3,(H,19,21). The van der Waals surface area contributed by atoms with Gasteiger partial charge in [-0.2, -0.15) is 4.31 Å². The number of ether oxygens (including phenoxy) is 3. The lowest BCUT2D eigenvalue weighted by Crippen LogP contribution is -2.48. The van der Waals surface area contributed by atoms with Crippen molar-refractivity contribution in [1.82, 2.24) is 14.9 Å². The number of amides is 1. The molecule has 1 amide bonds. The van der Waals surface area contributed by atoms with Crippen molar-refractivity contribution in [2.75, 3.05) is 60.2 Å². The van der Waals surface area contributed by atoms with Crippen molar-refractivity contribution >= 4 is 15.9 Å². The number of nitrogens with one attached hydrogen (secondary N) is 2. The van der Waals surface area contributed by atoms with Gasteiger partial charge in [0.05, 0.1) is 37.9 Å². The second-order valence-corrected chi connectivity index (χ2v) is 8.40. The molecule has 0 atom stereocenters. The Hall–Kier alpha value is -1.88. The second-order valence-electron chi connectivity index (χ2n) is 6.46. The molecule has 1 aromatic rings. The van der Waals surface area contributed by atoms with Gasteiger partial charge in [0.25, 0.3) is 5.91 Å². The zero-order valence-electron chi connectivity index (χ0n) is 15.5. The van der Waals surface area contributed by atoms with Gasteiger partial charge in [0.1, 0.15) is 0 Å². The Kier molecular flexibility index (Phi) is 6.20. The summed E-state index contributed by atoms with van der Waals surface area (Å²) in [5.41, 5.74) is 0.135. The van der Waals surface area contributed by atoms with Crippen LogP contribution in [0.1, 0.15) is 10.4 Å². The summed E-state index contributed by atoms with van der Waals surface area (Å²) in [5, 5.41) is 5.98. The Morgan fingerprint density at radius 1 is 1.26 bits per heavy atom. The molecule has 150 valence electrons. The molecule has 0 aromatic heterocycles. The zero-order valence-corrected chi connectivity index (χ0v) is 16.3. The summed E-state index contributed by atoms with van der Waals surface area (Å²) in [7, 11) is -0.948. The zero-order chi connectivity index (χ0) is 19.4. The lowest BCUT2D eigenvalue weighted by Gasteiger charge is -2.28. The van der Waals surface area contributed by atoms with Gasteiger partial charge >= 0.3 is 0 Å². The number of carbonyl (C=O) groups is 1. The highest BCUT2D eigenvalue weighted by Gasteiger charge is 2.30. The number of morpholine rings is 1. The first kappa shape index (κ1) is 19.9. The van der Waals surface area contributed by atoms with Crippen molar-refractivity contribution in [2.45, 2.75) is 4.90 Å². The molecule has 2 heterocycles. The van der Waals surface area contributed by atoms with Gasteiger partial charge in [-0.15, -0.1) is 0 Å². The largest absolute Gasteiger partial charge is 0.493 e. The van der Waals surface area contributed by atoms with Gasteiger partial charge in [0, 0.05) is 44.7 Å². The Bertz CT molecular complexity index is 788. The maximum Gasteiger partial charge on any atom is 0.255 e. The first-order chi connectivity index (χ1) is 13.0. The van der Waals surface area contributed by atoms with E-state index < -0.39 is 15.9 Å². The van der Waals surface area contributed by atoms with E-state index in [1.54, 1.807) is 0 Å². The summed E-state index contributed by atoms with van der Waals surface area (Å²) in [6.07, 6.45) is 0. The third-order valence-corrected chi connectivity index (χ3v) is 6.60. The maximum absolute atomic E-state index is 13.0. The van der Waals surface area contributed by atoms with Crippen molar-refractivity contribution in [3.8, 4) is 11.5 Å². The fourth-order valence-electron chi connectivity index (χ4n) is 3.02. The van der Waals surface area contributed by atoms with Gasteiger partial charge in [-0.05, 0) is 6.07 Å². The smallest absolute Gasteiger partial charge is 0.255 e. The van der Waals surface area contributed by atoms with Gasteiger partial charge in [0.15, 0.2) is 11.5 Å². The van der Waals surface area contributed by atoms with Crippen molar-refractivity contribution in [3.63, 3.8) is 0 Å². The van der Waals surface area contributed by atoms with E-state index in [-0.39, 0.29) is 35.0 Å². The minimum absolute atomic E-state index is 0.00230. The number of methoxy groups -OCH3 is 2. The van der Waals surface area contributed by atoms with Crippen LogP contribution in [-0.4, -0.2) is 78.8 Å². The molecule has 27 heavy (non-hydrogen) atoms. The monoisotopic (exact) mass is 399 g/mol. The van der Waals surface area contributed by atoms with Crippen LogP contribution in [0.15, 0.2) is 17.0 Å². The van der Waals surface area contributed by atoms with Crippen LogP contribution < -0.4 is 20.1 Å². The Morgan fingerprint density at radius 2 is 1.96 bits per heavy atom. The van der Waals surface area contributed by atoms with Gasteiger partial charge in [-0.1, -0.05) is 0 Å². The van der Waals surface area contributed by atoms with Crippen LogP contribution in [0.2, 0.25) is 0 Å². The highest BCUT2D eigenvalue weighted by molar-refractivity contribution is 7.89. The number of sulfonamides is 1. The molecule has 0 spiro atoms. The first-order valence-electron chi connectivity index (χ1n) is 8.80. The van der Waals surface area contributed by atoms with Gasteiger partial charge in [-0.25, -0.2) is 8.42 Å². The maximum atomic E-state index is 13.0. The molecule has 0 bridgehead atoms. The molecule has 2 fully saturated rings. The van der Waals surface area contributed by atoms with E-state index in [9.17, 15) is 13.2 Å². The van der Waals surface area contributed by atoms with Gasteiger partial charge < -0.3 is 24.8 Å². The lowest BCUT2D eigenvalue weighted by atomic mass is 10.0. The fourth-order valence-corrected chi connectivity index (χ4v) is 4.47. The average molecular weight is 399 g/mol. The fraction of sp³-hybridized carbons (Fsp3) is 0.588. The van der Waals surface area contributed by atoms with E-state index in [0.29, 0.717) is 25.7 Å². The van der Waals surface area contributed by atoms with E-state index in [4.69, 9.17) is 14.2 Å². The number of carbonyl (C=O) groups excluding carboxylic acids is 1. The summed E-state index contributed by atoms with van der Waals surface area (Å²) in [6, 6.07) is 2.73. The molecular formula is C17H25N3O6S. The van der Waals surface area contributed by atoms with Crippen LogP contribution in [0.25, 0.3) is 0 Å². The summed E-state index contributed by atoms with van der Waals surface area (Å²) in [6.45, 7) is 3.44.